The Hall–Kier alpha value is -6.59. The maximum absolute atomic E-state index is 5.40. The predicted octanol–water partition coefficient (Wildman–Crippen LogP) is 10.6. The summed E-state index contributed by atoms with van der Waals surface area (Å²) in [6.07, 6.45) is 0. The molecule has 11 aromatic rings. The summed E-state index contributed by atoms with van der Waals surface area (Å²) in [7, 11) is 0. The van der Waals surface area contributed by atoms with Crippen LogP contribution in [0.25, 0.3) is 99.4 Å². The van der Waals surface area contributed by atoms with Gasteiger partial charge in [0.1, 0.15) is 5.82 Å². The Bertz CT molecular complexity index is 3050. The predicted molar refractivity (Wildman–Crippen MR) is 197 cm³/mol. The quantitative estimate of drug-likeness (QED) is 0.187. The fourth-order valence-electron chi connectivity index (χ4n) is 7.78. The zero-order valence-electron chi connectivity index (χ0n) is 25.7. The summed E-state index contributed by atoms with van der Waals surface area (Å²) in [6, 6.07) is 53.5. The normalized spacial score (nSPS) is 12.2. The number of nitrogens with zero attached hydrogens (tertiary/aromatic N) is 5. The molecular formula is C43H25N5. The van der Waals surface area contributed by atoms with Crippen LogP contribution in [0.3, 0.4) is 0 Å². The second kappa shape index (κ2) is 9.47. The van der Waals surface area contributed by atoms with Gasteiger partial charge in [0.2, 0.25) is 5.95 Å². The summed E-state index contributed by atoms with van der Waals surface area (Å²) < 4.78 is 4.61. The zero-order valence-corrected chi connectivity index (χ0v) is 25.7. The maximum Gasteiger partial charge on any atom is 0.235 e. The molecule has 4 heterocycles. The van der Waals surface area contributed by atoms with Gasteiger partial charge in [-0.15, -0.1) is 0 Å². The van der Waals surface area contributed by atoms with Gasteiger partial charge < -0.3 is 0 Å². The smallest absolute Gasteiger partial charge is 0.235 e. The van der Waals surface area contributed by atoms with Crippen LogP contribution in [0.1, 0.15) is 0 Å². The van der Waals surface area contributed by atoms with Crippen molar-refractivity contribution in [2.24, 2.45) is 0 Å². The van der Waals surface area contributed by atoms with Gasteiger partial charge in [-0.3, -0.25) is 8.97 Å². The minimum atomic E-state index is 0.649. The highest BCUT2D eigenvalue weighted by Gasteiger charge is 2.25. The van der Waals surface area contributed by atoms with Gasteiger partial charge >= 0.3 is 0 Å². The lowest BCUT2D eigenvalue weighted by atomic mass is 10.0. The fourth-order valence-corrected chi connectivity index (χ4v) is 7.78. The van der Waals surface area contributed by atoms with E-state index in [4.69, 9.17) is 15.0 Å². The van der Waals surface area contributed by atoms with Crippen molar-refractivity contribution >= 4 is 70.8 Å². The monoisotopic (exact) mass is 611 g/mol. The topological polar surface area (TPSA) is 48.0 Å². The summed E-state index contributed by atoms with van der Waals surface area (Å²) >= 11 is 0. The molecule has 0 radical (unpaired) electrons. The summed E-state index contributed by atoms with van der Waals surface area (Å²) in [5.74, 6) is 1.58. The molecule has 7 aromatic carbocycles. The number of aromatic nitrogens is 5. The van der Waals surface area contributed by atoms with E-state index < -0.39 is 0 Å². The van der Waals surface area contributed by atoms with Crippen LogP contribution >= 0.6 is 0 Å². The third-order valence-electron chi connectivity index (χ3n) is 9.84. The molecule has 0 bridgehead atoms. The molecule has 0 aliphatic heterocycles. The first-order valence-corrected chi connectivity index (χ1v) is 16.2. The molecule has 0 fully saturated rings. The lowest BCUT2D eigenvalue weighted by molar-refractivity contribution is 1.01. The van der Waals surface area contributed by atoms with E-state index in [0.29, 0.717) is 5.95 Å². The first-order chi connectivity index (χ1) is 23.8. The molecular weight excluding hydrogens is 587 g/mol. The Morgan fingerprint density at radius 2 is 1.08 bits per heavy atom. The first-order valence-electron chi connectivity index (χ1n) is 16.2. The van der Waals surface area contributed by atoms with E-state index in [2.05, 4.69) is 155 Å². The van der Waals surface area contributed by atoms with Gasteiger partial charge in [0, 0.05) is 32.7 Å². The Balaban J connectivity index is 1.34. The molecule has 0 aliphatic carbocycles. The second-order valence-corrected chi connectivity index (χ2v) is 12.5. The molecule has 0 amide bonds. The molecule has 0 aliphatic rings. The van der Waals surface area contributed by atoms with Crippen molar-refractivity contribution in [3.8, 4) is 28.6 Å². The van der Waals surface area contributed by atoms with Gasteiger partial charge in [-0.2, -0.15) is 0 Å². The Labute approximate surface area is 274 Å². The minimum absolute atomic E-state index is 0.649. The van der Waals surface area contributed by atoms with Crippen molar-refractivity contribution in [1.82, 2.24) is 23.9 Å². The molecule has 0 atom stereocenters. The lowest BCUT2D eigenvalue weighted by Crippen LogP contribution is -2.03. The van der Waals surface area contributed by atoms with Crippen LogP contribution in [-0.2, 0) is 0 Å². The van der Waals surface area contributed by atoms with E-state index in [1.54, 1.807) is 0 Å². The summed E-state index contributed by atoms with van der Waals surface area (Å²) in [5, 5.41) is 8.07. The minimum Gasteiger partial charge on any atom is -0.291 e. The number of rotatable bonds is 3. The summed E-state index contributed by atoms with van der Waals surface area (Å²) in [4.78, 5) is 16.0. The Kier molecular flexibility index (Phi) is 5.05. The van der Waals surface area contributed by atoms with Gasteiger partial charge in [-0.1, -0.05) is 115 Å². The van der Waals surface area contributed by atoms with Crippen LogP contribution in [0.5, 0.6) is 0 Å². The number of benzene rings is 7. The Morgan fingerprint density at radius 3 is 1.92 bits per heavy atom. The highest BCUT2D eigenvalue weighted by molar-refractivity contribution is 6.30. The second-order valence-electron chi connectivity index (χ2n) is 12.5. The molecule has 5 heteroatoms. The van der Waals surface area contributed by atoms with Gasteiger partial charge in [0.15, 0.2) is 0 Å². The van der Waals surface area contributed by atoms with Gasteiger partial charge in [-0.05, 0) is 52.6 Å². The van der Waals surface area contributed by atoms with Crippen LogP contribution in [0.4, 0.5) is 0 Å². The molecule has 0 unspecified atom stereocenters. The molecule has 0 saturated carbocycles. The number of hydrogen-bond donors (Lipinski definition) is 0. The molecule has 0 spiro atoms. The van der Waals surface area contributed by atoms with E-state index >= 15 is 0 Å². The van der Waals surface area contributed by atoms with Gasteiger partial charge in [0.25, 0.3) is 0 Å². The molecule has 222 valence electrons. The number of fused-ring (bicyclic) bond motifs is 5. The van der Waals surface area contributed by atoms with Crippen molar-refractivity contribution in [2.75, 3.05) is 0 Å². The van der Waals surface area contributed by atoms with Crippen molar-refractivity contribution in [3.05, 3.63) is 152 Å². The van der Waals surface area contributed by atoms with E-state index in [-0.39, 0.29) is 0 Å². The molecule has 4 aromatic heterocycles. The Morgan fingerprint density at radius 1 is 0.417 bits per heavy atom. The first kappa shape index (κ1) is 25.6. The summed E-state index contributed by atoms with van der Waals surface area (Å²) in [5.41, 5.74) is 9.28. The van der Waals surface area contributed by atoms with E-state index in [1.807, 2.05) is 6.07 Å². The third-order valence-corrected chi connectivity index (χ3v) is 9.84. The number of imidazole rings is 1. The van der Waals surface area contributed by atoms with E-state index in [1.165, 1.54) is 21.5 Å². The fraction of sp³-hybridized carbons (Fsp3) is 0. The molecule has 48 heavy (non-hydrogen) atoms. The van der Waals surface area contributed by atoms with E-state index in [9.17, 15) is 0 Å². The standard InChI is InChI=1S/C43H25N5/c1-3-12-26(13-4-1)40-32-24-28-16-7-8-17-29(28)25-34(32)45-43(46-40)47-36-21-11-19-31-30-18-9-10-20-35(30)48-41-33(22-23-37(47)39(41)38(31)36)44-42(48)27-14-5-2-6-15-27/h1-25H. The highest BCUT2D eigenvalue weighted by atomic mass is 15.2. The lowest BCUT2D eigenvalue weighted by Gasteiger charge is -2.13. The van der Waals surface area contributed by atoms with Crippen LogP contribution in [0.15, 0.2) is 152 Å². The zero-order chi connectivity index (χ0) is 31.3. The van der Waals surface area contributed by atoms with Crippen molar-refractivity contribution < 1.29 is 0 Å². The number of hydrogen-bond acceptors (Lipinski definition) is 3. The van der Waals surface area contributed by atoms with Crippen LogP contribution < -0.4 is 0 Å². The number of para-hydroxylation sites is 1. The molecule has 5 nitrogen and oxygen atoms in total. The molecule has 11 rings (SSSR count). The highest BCUT2D eigenvalue weighted by Crippen LogP contribution is 2.44. The van der Waals surface area contributed by atoms with Crippen molar-refractivity contribution in [3.63, 3.8) is 0 Å². The van der Waals surface area contributed by atoms with Crippen molar-refractivity contribution in [1.29, 1.82) is 0 Å². The van der Waals surface area contributed by atoms with Crippen molar-refractivity contribution in [2.45, 2.75) is 0 Å². The van der Waals surface area contributed by atoms with Crippen LogP contribution in [0, 0.1) is 0 Å². The van der Waals surface area contributed by atoms with E-state index in [0.717, 1.165) is 71.9 Å². The molecule has 0 saturated heterocycles. The van der Waals surface area contributed by atoms with Crippen LogP contribution in [0.2, 0.25) is 0 Å². The van der Waals surface area contributed by atoms with Gasteiger partial charge in [0.05, 0.1) is 38.8 Å². The largest absolute Gasteiger partial charge is 0.291 e. The van der Waals surface area contributed by atoms with Gasteiger partial charge in [-0.25, -0.2) is 15.0 Å². The molecule has 0 N–H and O–H groups in total. The summed E-state index contributed by atoms with van der Waals surface area (Å²) in [6.45, 7) is 0. The van der Waals surface area contributed by atoms with Crippen LogP contribution in [-0.4, -0.2) is 23.9 Å². The third kappa shape index (κ3) is 3.42. The SMILES string of the molecule is c1ccc(-c2nc(-n3c4cccc5c6ccccc6n6c(-c7ccccc7)nc7ccc3c(c54)c76)nc3cc4ccccc4cc23)cc1. The average Bonchev–Trinajstić information content (AvgIpc) is 3.66. The maximum atomic E-state index is 5.40. The average molecular weight is 612 g/mol.